The van der Waals surface area contributed by atoms with Crippen molar-refractivity contribution in [3.63, 3.8) is 0 Å². The van der Waals surface area contributed by atoms with Gasteiger partial charge in [-0.3, -0.25) is 4.79 Å². The predicted octanol–water partition coefficient (Wildman–Crippen LogP) is 2.10. The van der Waals surface area contributed by atoms with Crippen molar-refractivity contribution in [1.82, 2.24) is 4.90 Å². The Labute approximate surface area is 120 Å². The summed E-state index contributed by atoms with van der Waals surface area (Å²) < 4.78 is 5.55. The SMILES string of the molecule is C[C@@H]1CN(C(=O)CC[C@H](N)c2ccccc2)[C@H](C)CO1. The number of nitrogens with two attached hydrogens (primary N) is 1. The van der Waals surface area contributed by atoms with E-state index in [1.807, 2.05) is 49.1 Å². The van der Waals surface area contributed by atoms with Gasteiger partial charge in [0.1, 0.15) is 0 Å². The Bertz CT molecular complexity index is 435. The molecule has 4 heteroatoms. The van der Waals surface area contributed by atoms with Crippen LogP contribution in [-0.2, 0) is 9.53 Å². The monoisotopic (exact) mass is 276 g/mol. The summed E-state index contributed by atoms with van der Waals surface area (Å²) in [5.41, 5.74) is 7.23. The minimum Gasteiger partial charge on any atom is -0.375 e. The highest BCUT2D eigenvalue weighted by Gasteiger charge is 2.27. The van der Waals surface area contributed by atoms with E-state index in [9.17, 15) is 4.79 Å². The maximum Gasteiger partial charge on any atom is 0.223 e. The summed E-state index contributed by atoms with van der Waals surface area (Å²) in [4.78, 5) is 14.2. The van der Waals surface area contributed by atoms with Gasteiger partial charge in [0.15, 0.2) is 0 Å². The second-order valence-corrected chi connectivity index (χ2v) is 5.59. The third-order valence-corrected chi connectivity index (χ3v) is 3.83. The molecule has 1 saturated heterocycles. The minimum atomic E-state index is -0.0751. The van der Waals surface area contributed by atoms with Crippen molar-refractivity contribution < 1.29 is 9.53 Å². The molecule has 0 saturated carbocycles. The van der Waals surface area contributed by atoms with E-state index >= 15 is 0 Å². The first-order valence-corrected chi connectivity index (χ1v) is 7.29. The molecular formula is C16H24N2O2. The lowest BCUT2D eigenvalue weighted by Crippen LogP contribution is -2.50. The van der Waals surface area contributed by atoms with Crippen LogP contribution in [0, 0.1) is 0 Å². The molecular weight excluding hydrogens is 252 g/mol. The van der Waals surface area contributed by atoms with Gasteiger partial charge in [0.25, 0.3) is 0 Å². The molecule has 1 amide bonds. The summed E-state index contributed by atoms with van der Waals surface area (Å²) in [6, 6.07) is 10.0. The molecule has 0 radical (unpaired) electrons. The normalized spacial score (nSPS) is 24.4. The van der Waals surface area contributed by atoms with Crippen molar-refractivity contribution in [2.45, 2.75) is 44.9 Å². The molecule has 0 spiro atoms. The molecule has 1 heterocycles. The lowest BCUT2D eigenvalue weighted by atomic mass is 10.0. The Hall–Kier alpha value is -1.39. The number of hydrogen-bond donors (Lipinski definition) is 1. The van der Waals surface area contributed by atoms with Crippen LogP contribution in [0.15, 0.2) is 30.3 Å². The first-order chi connectivity index (χ1) is 9.58. The van der Waals surface area contributed by atoms with Crippen LogP contribution >= 0.6 is 0 Å². The molecule has 1 aliphatic heterocycles. The van der Waals surface area contributed by atoms with E-state index in [1.54, 1.807) is 0 Å². The van der Waals surface area contributed by atoms with Crippen molar-refractivity contribution >= 4 is 5.91 Å². The molecule has 2 rings (SSSR count). The Morgan fingerprint density at radius 1 is 1.40 bits per heavy atom. The molecule has 0 aliphatic carbocycles. The third kappa shape index (κ3) is 3.81. The Kier molecular flexibility index (Phi) is 5.15. The fourth-order valence-corrected chi connectivity index (χ4v) is 2.54. The van der Waals surface area contributed by atoms with E-state index in [-0.39, 0.29) is 24.1 Å². The maximum absolute atomic E-state index is 12.3. The van der Waals surface area contributed by atoms with E-state index in [1.165, 1.54) is 0 Å². The first kappa shape index (κ1) is 15.0. The van der Waals surface area contributed by atoms with Crippen LogP contribution in [0.5, 0.6) is 0 Å². The number of benzene rings is 1. The summed E-state index contributed by atoms with van der Waals surface area (Å²) in [7, 11) is 0. The standard InChI is InChI=1S/C16H24N2O2/c1-12-11-20-13(2)10-18(12)16(19)9-8-15(17)14-6-4-3-5-7-14/h3-7,12-13,15H,8-11,17H2,1-2H3/t12-,13-,15+/m1/s1. The van der Waals surface area contributed by atoms with E-state index in [4.69, 9.17) is 10.5 Å². The van der Waals surface area contributed by atoms with Gasteiger partial charge in [0, 0.05) is 19.0 Å². The second-order valence-electron chi connectivity index (χ2n) is 5.59. The molecule has 0 bridgehead atoms. The highest BCUT2D eigenvalue weighted by Crippen LogP contribution is 2.18. The summed E-state index contributed by atoms with van der Waals surface area (Å²) in [5, 5.41) is 0. The van der Waals surface area contributed by atoms with Crippen LogP contribution in [0.2, 0.25) is 0 Å². The molecule has 20 heavy (non-hydrogen) atoms. The number of carbonyl (C=O) groups is 1. The van der Waals surface area contributed by atoms with Gasteiger partial charge in [-0.05, 0) is 25.8 Å². The summed E-state index contributed by atoms with van der Waals surface area (Å²) in [6.45, 7) is 5.33. The maximum atomic E-state index is 12.3. The highest BCUT2D eigenvalue weighted by molar-refractivity contribution is 5.76. The van der Waals surface area contributed by atoms with Gasteiger partial charge in [-0.1, -0.05) is 30.3 Å². The van der Waals surface area contributed by atoms with Crippen molar-refractivity contribution in [3.05, 3.63) is 35.9 Å². The van der Waals surface area contributed by atoms with E-state index < -0.39 is 0 Å². The molecule has 1 aromatic carbocycles. The Morgan fingerprint density at radius 3 is 2.80 bits per heavy atom. The van der Waals surface area contributed by atoms with Crippen LogP contribution in [0.1, 0.15) is 38.3 Å². The molecule has 0 aromatic heterocycles. The van der Waals surface area contributed by atoms with Gasteiger partial charge >= 0.3 is 0 Å². The third-order valence-electron chi connectivity index (χ3n) is 3.83. The molecule has 1 aromatic rings. The fraction of sp³-hybridized carbons (Fsp3) is 0.562. The van der Waals surface area contributed by atoms with Gasteiger partial charge in [-0.15, -0.1) is 0 Å². The van der Waals surface area contributed by atoms with Crippen molar-refractivity contribution in [3.8, 4) is 0 Å². The van der Waals surface area contributed by atoms with Crippen LogP contribution in [-0.4, -0.2) is 36.1 Å². The van der Waals surface area contributed by atoms with Gasteiger partial charge in [-0.2, -0.15) is 0 Å². The van der Waals surface area contributed by atoms with Crippen LogP contribution < -0.4 is 5.73 Å². The predicted molar refractivity (Wildman–Crippen MR) is 79.2 cm³/mol. The molecule has 1 fully saturated rings. The zero-order valence-corrected chi connectivity index (χ0v) is 12.3. The largest absolute Gasteiger partial charge is 0.375 e. The number of carbonyl (C=O) groups excluding carboxylic acids is 1. The Balaban J connectivity index is 1.85. The average Bonchev–Trinajstić information content (AvgIpc) is 2.47. The molecule has 3 atom stereocenters. The molecule has 1 aliphatic rings. The van der Waals surface area contributed by atoms with Gasteiger partial charge in [-0.25, -0.2) is 0 Å². The zero-order valence-electron chi connectivity index (χ0n) is 12.3. The van der Waals surface area contributed by atoms with Crippen LogP contribution in [0.4, 0.5) is 0 Å². The van der Waals surface area contributed by atoms with Crippen LogP contribution in [0.25, 0.3) is 0 Å². The highest BCUT2D eigenvalue weighted by atomic mass is 16.5. The van der Waals surface area contributed by atoms with Gasteiger partial charge < -0.3 is 15.4 Å². The molecule has 2 N–H and O–H groups in total. The van der Waals surface area contributed by atoms with Gasteiger partial charge in [0.2, 0.25) is 5.91 Å². The lowest BCUT2D eigenvalue weighted by molar-refractivity contribution is -0.143. The summed E-state index contributed by atoms with van der Waals surface area (Å²) >= 11 is 0. The van der Waals surface area contributed by atoms with E-state index in [0.717, 1.165) is 5.56 Å². The molecule has 110 valence electrons. The molecule has 0 unspecified atom stereocenters. The topological polar surface area (TPSA) is 55.6 Å². The van der Waals surface area contributed by atoms with E-state index in [0.29, 0.717) is 26.0 Å². The van der Waals surface area contributed by atoms with Crippen molar-refractivity contribution in [2.24, 2.45) is 5.73 Å². The number of ether oxygens (including phenoxy) is 1. The quantitative estimate of drug-likeness (QED) is 0.916. The minimum absolute atomic E-state index is 0.0751. The number of nitrogens with zero attached hydrogens (tertiary/aromatic N) is 1. The Morgan fingerprint density at radius 2 is 2.10 bits per heavy atom. The van der Waals surface area contributed by atoms with Crippen molar-refractivity contribution in [1.29, 1.82) is 0 Å². The first-order valence-electron chi connectivity index (χ1n) is 7.29. The van der Waals surface area contributed by atoms with Gasteiger partial charge in [0.05, 0.1) is 18.8 Å². The number of morpholine rings is 1. The molecule has 4 nitrogen and oxygen atoms in total. The summed E-state index contributed by atoms with van der Waals surface area (Å²) in [5.74, 6) is 0.180. The fourth-order valence-electron chi connectivity index (χ4n) is 2.54. The smallest absolute Gasteiger partial charge is 0.223 e. The zero-order chi connectivity index (χ0) is 14.5. The lowest BCUT2D eigenvalue weighted by Gasteiger charge is -2.37. The number of amides is 1. The summed E-state index contributed by atoms with van der Waals surface area (Å²) in [6.07, 6.45) is 1.30. The van der Waals surface area contributed by atoms with Crippen LogP contribution in [0.3, 0.4) is 0 Å². The number of rotatable bonds is 4. The second kappa shape index (κ2) is 6.86. The average molecular weight is 276 g/mol. The van der Waals surface area contributed by atoms with E-state index in [2.05, 4.69) is 0 Å². The van der Waals surface area contributed by atoms with Crippen molar-refractivity contribution in [2.75, 3.05) is 13.2 Å². The number of hydrogen-bond acceptors (Lipinski definition) is 3.